The van der Waals surface area contributed by atoms with Crippen LogP contribution in [-0.2, 0) is 4.74 Å². The highest BCUT2D eigenvalue weighted by atomic mass is 16.5. The molecule has 2 aliphatic carbocycles. The summed E-state index contributed by atoms with van der Waals surface area (Å²) >= 11 is 0. The molecule has 132 valence electrons. The number of amidine groups is 1. The largest absolute Gasteiger partial charge is 0.370 e. The van der Waals surface area contributed by atoms with Crippen LogP contribution in [0.25, 0.3) is 0 Å². The highest BCUT2D eigenvalue weighted by molar-refractivity contribution is 5.86. The average Bonchev–Trinajstić information content (AvgIpc) is 3.45. The Hall–Kier alpha value is -1.87. The average molecular weight is 336 g/mol. The summed E-state index contributed by atoms with van der Waals surface area (Å²) < 4.78 is 6.09. The summed E-state index contributed by atoms with van der Waals surface area (Å²) in [5.74, 6) is 2.17. The number of ether oxygens (including phenoxy) is 1. The van der Waals surface area contributed by atoms with Crippen LogP contribution in [0, 0.1) is 11.8 Å². The summed E-state index contributed by atoms with van der Waals surface area (Å²) in [4.78, 5) is 5.06. The van der Waals surface area contributed by atoms with Gasteiger partial charge in [0, 0.05) is 5.92 Å². The molecule has 0 aromatic heterocycles. The molecule has 0 bridgehead atoms. The maximum atomic E-state index is 6.09. The first-order valence-electron chi connectivity index (χ1n) is 9.51. The molecule has 1 saturated carbocycles. The van der Waals surface area contributed by atoms with E-state index in [9.17, 15) is 0 Å². The molecule has 0 amide bonds. The minimum absolute atomic E-state index is 0.115. The zero-order valence-electron chi connectivity index (χ0n) is 15.2. The first kappa shape index (κ1) is 16.6. The van der Waals surface area contributed by atoms with Crippen molar-refractivity contribution in [1.82, 2.24) is 5.32 Å². The monoisotopic (exact) mass is 336 g/mol. The summed E-state index contributed by atoms with van der Waals surface area (Å²) in [6, 6.07) is 10.8. The lowest BCUT2D eigenvalue weighted by Crippen LogP contribution is -2.50. The zero-order valence-corrected chi connectivity index (χ0v) is 15.2. The second kappa shape index (κ2) is 6.80. The van der Waals surface area contributed by atoms with E-state index in [0.717, 1.165) is 18.2 Å². The van der Waals surface area contributed by atoms with E-state index in [1.54, 1.807) is 0 Å². The smallest absolute Gasteiger partial charge is 0.124 e. The Morgan fingerprint density at radius 2 is 2.04 bits per heavy atom. The maximum Gasteiger partial charge on any atom is 0.124 e. The van der Waals surface area contributed by atoms with Crippen molar-refractivity contribution in [3.63, 3.8) is 0 Å². The molecule has 0 saturated heterocycles. The Kier molecular flexibility index (Phi) is 4.51. The molecule has 1 aliphatic heterocycles. The Balaban J connectivity index is 1.55. The van der Waals surface area contributed by atoms with Crippen molar-refractivity contribution >= 4 is 5.84 Å². The van der Waals surface area contributed by atoms with Crippen LogP contribution in [-0.4, -0.2) is 24.1 Å². The first-order chi connectivity index (χ1) is 12.2. The molecule has 0 spiro atoms. The number of aliphatic imine (C=N–C) groups is 1. The fraction of sp³-hybridized carbons (Fsp3) is 0.500. The highest BCUT2D eigenvalue weighted by Gasteiger charge is 2.45. The molecule has 3 heteroatoms. The van der Waals surface area contributed by atoms with E-state index in [4.69, 9.17) is 9.73 Å². The summed E-state index contributed by atoms with van der Waals surface area (Å²) in [6.07, 6.45) is 12.9. The van der Waals surface area contributed by atoms with E-state index < -0.39 is 0 Å². The van der Waals surface area contributed by atoms with Gasteiger partial charge in [-0.15, -0.1) is 0 Å². The van der Waals surface area contributed by atoms with Crippen molar-refractivity contribution in [3.8, 4) is 0 Å². The van der Waals surface area contributed by atoms with Gasteiger partial charge in [0.2, 0.25) is 0 Å². The van der Waals surface area contributed by atoms with Gasteiger partial charge < -0.3 is 10.1 Å². The van der Waals surface area contributed by atoms with Crippen molar-refractivity contribution in [1.29, 1.82) is 0 Å². The minimum Gasteiger partial charge on any atom is -0.370 e. The summed E-state index contributed by atoms with van der Waals surface area (Å²) in [6.45, 7) is 5.08. The van der Waals surface area contributed by atoms with Crippen LogP contribution in [0.5, 0.6) is 0 Å². The van der Waals surface area contributed by atoms with Crippen molar-refractivity contribution in [2.75, 3.05) is 6.61 Å². The highest BCUT2D eigenvalue weighted by Crippen LogP contribution is 2.42. The molecular formula is C22H28N2O. The Bertz CT molecular complexity index is 689. The number of hydrogen-bond acceptors (Lipinski definition) is 3. The zero-order chi connectivity index (χ0) is 17.3. The molecule has 3 aliphatic rings. The van der Waals surface area contributed by atoms with Gasteiger partial charge in [0.05, 0.1) is 11.6 Å². The number of nitrogens with one attached hydrogen (secondary N) is 1. The molecule has 1 aromatic carbocycles. The van der Waals surface area contributed by atoms with E-state index in [2.05, 4.69) is 73.8 Å². The van der Waals surface area contributed by atoms with Crippen LogP contribution in [0.1, 0.15) is 44.7 Å². The summed E-state index contributed by atoms with van der Waals surface area (Å²) in [5, 5.41) is 3.74. The SMILES string of the molecule is CC(OCC1=N[C@H](c2ccccc2)[C@](C)(C2C=CC=CC2)N1)C1CC1. The van der Waals surface area contributed by atoms with E-state index in [1.165, 1.54) is 18.4 Å². The predicted octanol–water partition coefficient (Wildman–Crippen LogP) is 4.44. The molecular weight excluding hydrogens is 308 g/mol. The minimum atomic E-state index is -0.121. The standard InChI is InChI=1S/C22H28N2O/c1-16(17-13-14-17)25-15-20-23-21(18-9-5-3-6-10-18)22(2,24-20)19-11-7-4-8-12-19/h3-11,16-17,19,21H,12-15H2,1-2H3,(H,23,24)/t16?,19?,21-,22+/m1/s1. The third kappa shape index (κ3) is 3.43. The molecule has 0 radical (unpaired) electrons. The molecule has 3 nitrogen and oxygen atoms in total. The lowest BCUT2D eigenvalue weighted by Gasteiger charge is -2.38. The van der Waals surface area contributed by atoms with Gasteiger partial charge in [-0.25, -0.2) is 0 Å². The van der Waals surface area contributed by atoms with Crippen molar-refractivity contribution in [3.05, 3.63) is 60.2 Å². The van der Waals surface area contributed by atoms with Crippen LogP contribution in [0.2, 0.25) is 0 Å². The van der Waals surface area contributed by atoms with Crippen LogP contribution in [0.4, 0.5) is 0 Å². The lowest BCUT2D eigenvalue weighted by molar-refractivity contribution is 0.0777. The van der Waals surface area contributed by atoms with Crippen LogP contribution in [0.3, 0.4) is 0 Å². The molecule has 2 unspecified atom stereocenters. The van der Waals surface area contributed by atoms with Crippen molar-refractivity contribution < 1.29 is 4.74 Å². The molecule has 1 N–H and O–H groups in total. The van der Waals surface area contributed by atoms with E-state index >= 15 is 0 Å². The summed E-state index contributed by atoms with van der Waals surface area (Å²) in [7, 11) is 0. The van der Waals surface area contributed by atoms with E-state index in [-0.39, 0.29) is 11.6 Å². The fourth-order valence-electron chi connectivity index (χ4n) is 4.06. The van der Waals surface area contributed by atoms with Crippen molar-refractivity contribution in [2.24, 2.45) is 16.8 Å². The fourth-order valence-corrected chi connectivity index (χ4v) is 4.06. The topological polar surface area (TPSA) is 33.6 Å². The number of rotatable bonds is 6. The van der Waals surface area contributed by atoms with Gasteiger partial charge in [-0.1, -0.05) is 54.6 Å². The predicted molar refractivity (Wildman–Crippen MR) is 103 cm³/mol. The summed E-state index contributed by atoms with van der Waals surface area (Å²) in [5.41, 5.74) is 1.15. The van der Waals surface area contributed by atoms with Crippen molar-refractivity contribution in [2.45, 2.75) is 50.8 Å². The van der Waals surface area contributed by atoms with Gasteiger partial charge in [-0.3, -0.25) is 4.99 Å². The van der Waals surface area contributed by atoms with Gasteiger partial charge in [0.15, 0.2) is 0 Å². The quantitative estimate of drug-likeness (QED) is 0.833. The number of hydrogen-bond donors (Lipinski definition) is 1. The number of nitrogens with zero attached hydrogens (tertiary/aromatic N) is 1. The molecule has 25 heavy (non-hydrogen) atoms. The van der Waals surface area contributed by atoms with Gasteiger partial charge in [0.25, 0.3) is 0 Å². The van der Waals surface area contributed by atoms with Gasteiger partial charge >= 0.3 is 0 Å². The normalized spacial score (nSPS) is 32.3. The molecule has 1 heterocycles. The third-order valence-corrected chi connectivity index (χ3v) is 5.90. The molecule has 4 atom stereocenters. The van der Waals surface area contributed by atoms with Crippen LogP contribution in [0.15, 0.2) is 59.6 Å². The maximum absolute atomic E-state index is 6.09. The second-order valence-corrected chi connectivity index (χ2v) is 7.81. The second-order valence-electron chi connectivity index (χ2n) is 7.81. The molecule has 4 rings (SSSR count). The lowest BCUT2D eigenvalue weighted by atomic mass is 9.75. The van der Waals surface area contributed by atoms with Gasteiger partial charge in [-0.2, -0.15) is 0 Å². The third-order valence-electron chi connectivity index (χ3n) is 5.90. The van der Waals surface area contributed by atoms with Gasteiger partial charge in [-0.05, 0) is 44.6 Å². The number of allylic oxidation sites excluding steroid dienone is 3. The Morgan fingerprint density at radius 3 is 2.72 bits per heavy atom. The first-order valence-corrected chi connectivity index (χ1v) is 9.51. The van der Waals surface area contributed by atoms with Gasteiger partial charge in [0.1, 0.15) is 18.5 Å². The molecule has 1 aromatic rings. The van der Waals surface area contributed by atoms with Crippen LogP contribution >= 0.6 is 0 Å². The Morgan fingerprint density at radius 1 is 1.24 bits per heavy atom. The molecule has 1 fully saturated rings. The van der Waals surface area contributed by atoms with Crippen LogP contribution < -0.4 is 5.32 Å². The van der Waals surface area contributed by atoms with E-state index in [0.29, 0.717) is 18.6 Å². The Labute approximate surface area is 150 Å². The number of benzene rings is 1. The van der Waals surface area contributed by atoms with E-state index in [1.807, 2.05) is 0 Å².